The third-order valence-corrected chi connectivity index (χ3v) is 3.79. The van der Waals surface area contributed by atoms with E-state index in [-0.39, 0.29) is 18.4 Å². The molecule has 0 aromatic carbocycles. The van der Waals surface area contributed by atoms with Crippen LogP contribution >= 0.6 is 0 Å². The van der Waals surface area contributed by atoms with E-state index >= 15 is 0 Å². The smallest absolute Gasteiger partial charge is 0.242 e. The zero-order valence-electron chi connectivity index (χ0n) is 13.0. The summed E-state index contributed by atoms with van der Waals surface area (Å²) < 4.78 is 5.08. The van der Waals surface area contributed by atoms with E-state index in [1.807, 2.05) is 12.1 Å². The third-order valence-electron chi connectivity index (χ3n) is 3.79. The lowest BCUT2D eigenvalue weighted by atomic mass is 10.1. The number of amides is 2. The van der Waals surface area contributed by atoms with Crippen molar-refractivity contribution in [2.45, 2.75) is 25.8 Å². The van der Waals surface area contributed by atoms with Crippen molar-refractivity contribution in [3.8, 4) is 0 Å². The minimum Gasteiger partial charge on any atom is -0.383 e. The SMILES string of the molecule is COCCN(Cc1ccncc1)C(=O)CN1CCCCC1=O. The van der Waals surface area contributed by atoms with E-state index in [1.165, 1.54) is 0 Å². The standard InChI is InChI=1S/C16H23N3O3/c1-22-11-10-19(12-14-5-7-17-8-6-14)16(21)13-18-9-3-2-4-15(18)20/h5-8H,2-4,9-13H2,1H3. The molecule has 2 heterocycles. The van der Waals surface area contributed by atoms with Crippen molar-refractivity contribution in [2.24, 2.45) is 0 Å². The van der Waals surface area contributed by atoms with Crippen molar-refractivity contribution in [1.29, 1.82) is 0 Å². The Bertz CT molecular complexity index is 493. The molecule has 1 fully saturated rings. The van der Waals surface area contributed by atoms with Gasteiger partial charge in [0.15, 0.2) is 0 Å². The van der Waals surface area contributed by atoms with E-state index in [0.717, 1.165) is 18.4 Å². The first kappa shape index (κ1) is 16.4. The Morgan fingerprint density at radius 1 is 1.36 bits per heavy atom. The van der Waals surface area contributed by atoms with Crippen molar-refractivity contribution in [3.05, 3.63) is 30.1 Å². The van der Waals surface area contributed by atoms with Gasteiger partial charge in [0, 0.05) is 45.6 Å². The van der Waals surface area contributed by atoms with E-state index in [1.54, 1.807) is 29.3 Å². The second-order valence-corrected chi connectivity index (χ2v) is 5.44. The summed E-state index contributed by atoms with van der Waals surface area (Å²) in [5.74, 6) is 0.0410. The fourth-order valence-electron chi connectivity index (χ4n) is 2.49. The summed E-state index contributed by atoms with van der Waals surface area (Å²) >= 11 is 0. The molecule has 1 aromatic heterocycles. The third kappa shape index (κ3) is 4.80. The highest BCUT2D eigenvalue weighted by atomic mass is 16.5. The van der Waals surface area contributed by atoms with Gasteiger partial charge in [-0.2, -0.15) is 0 Å². The van der Waals surface area contributed by atoms with Crippen molar-refractivity contribution in [1.82, 2.24) is 14.8 Å². The van der Waals surface area contributed by atoms with Crippen LogP contribution in [-0.4, -0.2) is 59.9 Å². The number of aromatic nitrogens is 1. The van der Waals surface area contributed by atoms with Crippen LogP contribution in [0.3, 0.4) is 0 Å². The number of hydrogen-bond acceptors (Lipinski definition) is 4. The molecule has 0 spiro atoms. The fraction of sp³-hybridized carbons (Fsp3) is 0.562. The Morgan fingerprint density at radius 3 is 2.82 bits per heavy atom. The van der Waals surface area contributed by atoms with E-state index in [4.69, 9.17) is 4.74 Å². The highest BCUT2D eigenvalue weighted by Gasteiger charge is 2.23. The molecule has 0 atom stereocenters. The lowest BCUT2D eigenvalue weighted by Crippen LogP contribution is -2.45. The number of ether oxygens (including phenoxy) is 1. The molecule has 0 saturated carbocycles. The van der Waals surface area contributed by atoms with Gasteiger partial charge in [-0.05, 0) is 30.5 Å². The molecular formula is C16H23N3O3. The molecule has 6 heteroatoms. The van der Waals surface area contributed by atoms with Crippen LogP contribution < -0.4 is 0 Å². The van der Waals surface area contributed by atoms with Gasteiger partial charge in [0.1, 0.15) is 0 Å². The number of hydrogen-bond donors (Lipinski definition) is 0. The summed E-state index contributed by atoms with van der Waals surface area (Å²) in [6.45, 7) is 2.34. The largest absolute Gasteiger partial charge is 0.383 e. The highest BCUT2D eigenvalue weighted by molar-refractivity contribution is 5.85. The Morgan fingerprint density at radius 2 is 2.14 bits per heavy atom. The molecule has 1 aromatic rings. The molecule has 0 N–H and O–H groups in total. The van der Waals surface area contributed by atoms with Crippen LogP contribution in [-0.2, 0) is 20.9 Å². The fourth-order valence-corrected chi connectivity index (χ4v) is 2.49. The lowest BCUT2D eigenvalue weighted by Gasteiger charge is -2.29. The van der Waals surface area contributed by atoms with Crippen LogP contribution in [0.1, 0.15) is 24.8 Å². The number of pyridine rings is 1. The number of methoxy groups -OCH3 is 1. The van der Waals surface area contributed by atoms with Gasteiger partial charge in [0.25, 0.3) is 0 Å². The van der Waals surface area contributed by atoms with Gasteiger partial charge in [0.2, 0.25) is 11.8 Å². The van der Waals surface area contributed by atoms with E-state index in [9.17, 15) is 9.59 Å². The first-order chi connectivity index (χ1) is 10.7. The summed E-state index contributed by atoms with van der Waals surface area (Å²) in [5.41, 5.74) is 1.02. The highest BCUT2D eigenvalue weighted by Crippen LogP contribution is 2.11. The number of nitrogens with zero attached hydrogens (tertiary/aromatic N) is 3. The summed E-state index contributed by atoms with van der Waals surface area (Å²) in [7, 11) is 1.61. The van der Waals surface area contributed by atoms with E-state index < -0.39 is 0 Å². The van der Waals surface area contributed by atoms with Crippen molar-refractivity contribution < 1.29 is 14.3 Å². The monoisotopic (exact) mass is 305 g/mol. The second kappa shape index (κ2) is 8.48. The van der Waals surface area contributed by atoms with E-state index in [0.29, 0.717) is 32.7 Å². The van der Waals surface area contributed by atoms with Crippen LogP contribution in [0.25, 0.3) is 0 Å². The average molecular weight is 305 g/mol. The predicted octanol–water partition coefficient (Wildman–Crippen LogP) is 1.07. The summed E-state index contributed by atoms with van der Waals surface area (Å²) in [4.78, 5) is 31.8. The van der Waals surface area contributed by atoms with Crippen LogP contribution in [0.4, 0.5) is 0 Å². The summed E-state index contributed by atoms with van der Waals surface area (Å²) in [5, 5.41) is 0. The normalized spacial score (nSPS) is 15.0. The molecule has 1 aliphatic heterocycles. The Balaban J connectivity index is 1.97. The van der Waals surface area contributed by atoms with Crippen molar-refractivity contribution in [2.75, 3.05) is 33.4 Å². The Kier molecular flexibility index (Phi) is 6.33. The molecule has 6 nitrogen and oxygen atoms in total. The van der Waals surface area contributed by atoms with Gasteiger partial charge in [-0.25, -0.2) is 0 Å². The molecule has 120 valence electrons. The van der Waals surface area contributed by atoms with Gasteiger partial charge in [0.05, 0.1) is 13.2 Å². The van der Waals surface area contributed by atoms with Crippen LogP contribution in [0.2, 0.25) is 0 Å². The minimum absolute atomic E-state index is 0.0379. The van der Waals surface area contributed by atoms with Gasteiger partial charge in [-0.1, -0.05) is 0 Å². The van der Waals surface area contributed by atoms with Crippen LogP contribution in [0.15, 0.2) is 24.5 Å². The molecule has 2 amide bonds. The molecule has 0 bridgehead atoms. The van der Waals surface area contributed by atoms with Crippen molar-refractivity contribution in [3.63, 3.8) is 0 Å². The quantitative estimate of drug-likeness (QED) is 0.756. The maximum absolute atomic E-state index is 12.5. The average Bonchev–Trinajstić information content (AvgIpc) is 2.54. The number of likely N-dealkylation sites (tertiary alicyclic amines) is 1. The maximum Gasteiger partial charge on any atom is 0.242 e. The minimum atomic E-state index is -0.0379. The molecule has 1 saturated heterocycles. The number of piperidine rings is 1. The van der Waals surface area contributed by atoms with Crippen LogP contribution in [0.5, 0.6) is 0 Å². The predicted molar refractivity (Wildman–Crippen MR) is 82.0 cm³/mol. The molecular weight excluding hydrogens is 282 g/mol. The first-order valence-corrected chi connectivity index (χ1v) is 7.64. The first-order valence-electron chi connectivity index (χ1n) is 7.64. The van der Waals surface area contributed by atoms with Gasteiger partial charge < -0.3 is 14.5 Å². The summed E-state index contributed by atoms with van der Waals surface area (Å²) in [6, 6.07) is 3.78. The zero-order chi connectivity index (χ0) is 15.8. The maximum atomic E-state index is 12.5. The lowest BCUT2D eigenvalue weighted by molar-refractivity contribution is -0.142. The molecule has 2 rings (SSSR count). The number of rotatable bonds is 7. The van der Waals surface area contributed by atoms with Crippen LogP contribution in [0, 0.1) is 0 Å². The Labute approximate surface area is 131 Å². The zero-order valence-corrected chi connectivity index (χ0v) is 13.0. The molecule has 0 unspecified atom stereocenters. The molecule has 0 aliphatic carbocycles. The van der Waals surface area contributed by atoms with Gasteiger partial charge >= 0.3 is 0 Å². The topological polar surface area (TPSA) is 62.7 Å². The van der Waals surface area contributed by atoms with E-state index in [2.05, 4.69) is 4.98 Å². The molecule has 1 aliphatic rings. The second-order valence-electron chi connectivity index (χ2n) is 5.44. The summed E-state index contributed by atoms with van der Waals surface area (Å²) in [6.07, 6.45) is 5.87. The molecule has 22 heavy (non-hydrogen) atoms. The van der Waals surface area contributed by atoms with Gasteiger partial charge in [-0.3, -0.25) is 14.6 Å². The van der Waals surface area contributed by atoms with Crippen molar-refractivity contribution >= 4 is 11.8 Å². The van der Waals surface area contributed by atoms with Gasteiger partial charge in [-0.15, -0.1) is 0 Å². The number of carbonyl (C=O) groups excluding carboxylic acids is 2. The Hall–Kier alpha value is -1.95. The number of carbonyl (C=O) groups is 2. The molecule has 0 radical (unpaired) electrons.